The van der Waals surface area contributed by atoms with Crippen LogP contribution in [0.5, 0.6) is 0 Å². The molecule has 2 bridgehead atoms. The van der Waals surface area contributed by atoms with E-state index >= 15 is 0 Å². The molecule has 110 valence electrons. The average Bonchev–Trinajstić information content (AvgIpc) is 3.22. The summed E-state index contributed by atoms with van der Waals surface area (Å²) in [6, 6.07) is 2.83. The minimum atomic E-state index is 0.151. The molecular weight excluding hydrogens is 248 g/mol. The minimum absolute atomic E-state index is 0.151. The van der Waals surface area contributed by atoms with Crippen molar-refractivity contribution >= 4 is 0 Å². The Morgan fingerprint density at radius 1 is 1.25 bits per heavy atom. The third-order valence-electron chi connectivity index (χ3n) is 6.31. The van der Waals surface area contributed by atoms with Gasteiger partial charge in [0.15, 0.2) is 0 Å². The van der Waals surface area contributed by atoms with Crippen LogP contribution in [0, 0.1) is 17.3 Å². The fourth-order valence-electron chi connectivity index (χ4n) is 5.23. The molecule has 1 heterocycles. The molecule has 3 heteroatoms. The van der Waals surface area contributed by atoms with Crippen molar-refractivity contribution < 1.29 is 5.11 Å². The van der Waals surface area contributed by atoms with Crippen LogP contribution in [0.3, 0.4) is 0 Å². The van der Waals surface area contributed by atoms with Crippen LogP contribution in [0.2, 0.25) is 0 Å². The monoisotopic (exact) mass is 274 g/mol. The Balaban J connectivity index is 1.50. The zero-order chi connectivity index (χ0) is 13.6. The van der Waals surface area contributed by atoms with Gasteiger partial charge >= 0.3 is 0 Å². The maximum Gasteiger partial charge on any atom is 0.0631 e. The smallest absolute Gasteiger partial charge is 0.0631 e. The average molecular weight is 274 g/mol. The summed E-state index contributed by atoms with van der Waals surface area (Å²) in [5.74, 6) is 1.62. The second kappa shape index (κ2) is 4.87. The van der Waals surface area contributed by atoms with E-state index in [1.54, 1.807) is 0 Å². The molecule has 20 heavy (non-hydrogen) atoms. The van der Waals surface area contributed by atoms with Gasteiger partial charge in [-0.25, -0.2) is 0 Å². The molecule has 0 saturated heterocycles. The molecule has 0 spiro atoms. The normalized spacial score (nSPS) is 37.0. The van der Waals surface area contributed by atoms with Gasteiger partial charge in [-0.1, -0.05) is 19.3 Å². The van der Waals surface area contributed by atoms with Crippen LogP contribution in [-0.4, -0.2) is 21.5 Å². The second-order valence-electron chi connectivity index (χ2n) is 7.50. The standard InChI is InChI=1S/C17H26N2O/c20-12-17(10-13-5-6-14(17)9-13)11-15-7-8-19(18-15)16-3-1-2-4-16/h7-8,13-14,16,20H,1-6,9-12H2. The summed E-state index contributed by atoms with van der Waals surface area (Å²) < 4.78 is 2.20. The lowest BCUT2D eigenvalue weighted by molar-refractivity contribution is 0.0640. The van der Waals surface area contributed by atoms with Crippen LogP contribution in [0.4, 0.5) is 0 Å². The fraction of sp³-hybridized carbons (Fsp3) is 0.824. The van der Waals surface area contributed by atoms with Crippen LogP contribution >= 0.6 is 0 Å². The van der Waals surface area contributed by atoms with E-state index in [1.807, 2.05) is 0 Å². The molecule has 3 aliphatic carbocycles. The lowest BCUT2D eigenvalue weighted by atomic mass is 9.71. The van der Waals surface area contributed by atoms with E-state index in [-0.39, 0.29) is 5.41 Å². The van der Waals surface area contributed by atoms with E-state index in [1.165, 1.54) is 57.1 Å². The number of aromatic nitrogens is 2. The highest BCUT2D eigenvalue weighted by molar-refractivity contribution is 5.10. The highest BCUT2D eigenvalue weighted by Gasteiger charge is 2.50. The number of rotatable bonds is 4. The Morgan fingerprint density at radius 2 is 2.10 bits per heavy atom. The number of nitrogens with zero attached hydrogens (tertiary/aromatic N) is 2. The predicted octanol–water partition coefficient (Wildman–Crippen LogP) is 3.34. The highest BCUT2D eigenvalue weighted by Crippen LogP contribution is 2.56. The number of hydrogen-bond donors (Lipinski definition) is 1. The van der Waals surface area contributed by atoms with Gasteiger partial charge in [-0.2, -0.15) is 5.10 Å². The molecule has 1 aromatic rings. The van der Waals surface area contributed by atoms with E-state index in [4.69, 9.17) is 5.10 Å². The second-order valence-corrected chi connectivity index (χ2v) is 7.50. The largest absolute Gasteiger partial charge is 0.396 e. The first kappa shape index (κ1) is 12.9. The van der Waals surface area contributed by atoms with Crippen molar-refractivity contribution in [3.63, 3.8) is 0 Å². The topological polar surface area (TPSA) is 38.0 Å². The number of aliphatic hydroxyl groups excluding tert-OH is 1. The molecule has 3 saturated carbocycles. The summed E-state index contributed by atoms with van der Waals surface area (Å²) in [5, 5.41) is 14.8. The Bertz CT molecular complexity index is 477. The van der Waals surface area contributed by atoms with E-state index in [2.05, 4.69) is 16.9 Å². The lowest BCUT2D eigenvalue weighted by Crippen LogP contribution is -2.34. The van der Waals surface area contributed by atoms with Crippen molar-refractivity contribution in [2.45, 2.75) is 63.8 Å². The van der Waals surface area contributed by atoms with Gasteiger partial charge in [-0.15, -0.1) is 0 Å². The Labute approximate surface area is 121 Å². The van der Waals surface area contributed by atoms with Crippen LogP contribution in [0.15, 0.2) is 12.3 Å². The van der Waals surface area contributed by atoms with Crippen molar-refractivity contribution in [1.82, 2.24) is 9.78 Å². The summed E-state index contributed by atoms with van der Waals surface area (Å²) >= 11 is 0. The molecule has 0 amide bonds. The predicted molar refractivity (Wildman–Crippen MR) is 78.4 cm³/mol. The molecule has 3 atom stereocenters. The van der Waals surface area contributed by atoms with Crippen LogP contribution in [0.1, 0.15) is 63.1 Å². The summed E-state index contributed by atoms with van der Waals surface area (Å²) in [6.45, 7) is 0.352. The maximum absolute atomic E-state index is 9.98. The molecular formula is C17H26N2O. The summed E-state index contributed by atoms with van der Waals surface area (Å²) in [5.41, 5.74) is 1.36. The SMILES string of the molecule is OCC1(Cc2ccn(C3CCCC3)n2)CC2CCC1C2. The Hall–Kier alpha value is -0.830. The van der Waals surface area contributed by atoms with Gasteiger partial charge in [0, 0.05) is 18.2 Å². The van der Waals surface area contributed by atoms with Gasteiger partial charge in [0.1, 0.15) is 0 Å². The summed E-state index contributed by atoms with van der Waals surface area (Å²) in [4.78, 5) is 0. The molecule has 0 radical (unpaired) electrons. The van der Waals surface area contributed by atoms with Crippen LogP contribution < -0.4 is 0 Å². The zero-order valence-corrected chi connectivity index (χ0v) is 12.3. The third-order valence-corrected chi connectivity index (χ3v) is 6.31. The van der Waals surface area contributed by atoms with Gasteiger partial charge in [0.2, 0.25) is 0 Å². The summed E-state index contributed by atoms with van der Waals surface area (Å²) in [7, 11) is 0. The number of hydrogen-bond acceptors (Lipinski definition) is 2. The Kier molecular flexibility index (Phi) is 3.13. The zero-order valence-electron chi connectivity index (χ0n) is 12.3. The van der Waals surface area contributed by atoms with Crippen molar-refractivity contribution in [3.8, 4) is 0 Å². The quantitative estimate of drug-likeness (QED) is 0.914. The molecule has 3 fully saturated rings. The lowest BCUT2D eigenvalue weighted by Gasteiger charge is -2.35. The fourth-order valence-corrected chi connectivity index (χ4v) is 5.23. The molecule has 1 N–H and O–H groups in total. The Morgan fingerprint density at radius 3 is 2.75 bits per heavy atom. The molecule has 0 aliphatic heterocycles. The van der Waals surface area contributed by atoms with Crippen molar-refractivity contribution in [1.29, 1.82) is 0 Å². The van der Waals surface area contributed by atoms with Crippen molar-refractivity contribution in [2.24, 2.45) is 17.3 Å². The molecule has 4 rings (SSSR count). The maximum atomic E-state index is 9.98. The van der Waals surface area contributed by atoms with Crippen molar-refractivity contribution in [3.05, 3.63) is 18.0 Å². The summed E-state index contributed by atoms with van der Waals surface area (Å²) in [6.07, 6.45) is 13.7. The minimum Gasteiger partial charge on any atom is -0.396 e. The first-order valence-electron chi connectivity index (χ1n) is 8.44. The molecule has 3 aliphatic rings. The van der Waals surface area contributed by atoms with Gasteiger partial charge in [-0.05, 0) is 56.4 Å². The number of fused-ring (bicyclic) bond motifs is 2. The van der Waals surface area contributed by atoms with Crippen LogP contribution in [0.25, 0.3) is 0 Å². The molecule has 3 nitrogen and oxygen atoms in total. The van der Waals surface area contributed by atoms with E-state index in [9.17, 15) is 5.11 Å². The van der Waals surface area contributed by atoms with Crippen molar-refractivity contribution in [2.75, 3.05) is 6.61 Å². The first-order valence-corrected chi connectivity index (χ1v) is 8.44. The van der Waals surface area contributed by atoms with Gasteiger partial charge in [0.25, 0.3) is 0 Å². The van der Waals surface area contributed by atoms with Crippen LogP contribution in [-0.2, 0) is 6.42 Å². The van der Waals surface area contributed by atoms with E-state index in [0.717, 1.165) is 18.3 Å². The third kappa shape index (κ3) is 2.02. The highest BCUT2D eigenvalue weighted by atomic mass is 16.3. The first-order chi connectivity index (χ1) is 9.79. The number of aliphatic hydroxyl groups is 1. The van der Waals surface area contributed by atoms with Gasteiger partial charge in [-0.3, -0.25) is 4.68 Å². The van der Waals surface area contributed by atoms with E-state index in [0.29, 0.717) is 12.6 Å². The van der Waals surface area contributed by atoms with Gasteiger partial charge < -0.3 is 5.11 Å². The molecule has 1 aromatic heterocycles. The van der Waals surface area contributed by atoms with E-state index < -0.39 is 0 Å². The van der Waals surface area contributed by atoms with Gasteiger partial charge in [0.05, 0.1) is 11.7 Å². The molecule has 0 aromatic carbocycles. The molecule has 3 unspecified atom stereocenters.